The van der Waals surface area contributed by atoms with Crippen LogP contribution in [-0.4, -0.2) is 9.52 Å². The first-order valence-corrected chi connectivity index (χ1v) is 11.4. The van der Waals surface area contributed by atoms with E-state index in [9.17, 15) is 0 Å². The molecule has 0 nitrogen and oxygen atoms in total. The summed E-state index contributed by atoms with van der Waals surface area (Å²) in [7, 11) is -0.470. The van der Waals surface area contributed by atoms with E-state index in [-0.39, 0.29) is 0 Å². The standard InChI is InChI=1S/C26H20Si/c1-5-13-21-17(9-1)18-10-2-6-14-22(18)25(21)27-26-23-15-7-3-11-19(23)20-12-4-8-16-24(20)26/h1-16,25-26H,27H2. The van der Waals surface area contributed by atoms with Gasteiger partial charge >= 0.3 is 0 Å². The minimum absolute atomic E-state index is 0.470. The van der Waals surface area contributed by atoms with Gasteiger partial charge in [0.2, 0.25) is 0 Å². The van der Waals surface area contributed by atoms with E-state index < -0.39 is 9.52 Å². The van der Waals surface area contributed by atoms with Gasteiger partial charge in [-0.15, -0.1) is 0 Å². The van der Waals surface area contributed by atoms with Crippen LogP contribution in [0, 0.1) is 0 Å². The fraction of sp³-hybridized carbons (Fsp3) is 0.0769. The maximum absolute atomic E-state index is 2.36. The Labute approximate surface area is 162 Å². The van der Waals surface area contributed by atoms with Gasteiger partial charge in [-0.1, -0.05) is 97.1 Å². The molecule has 0 fully saturated rings. The van der Waals surface area contributed by atoms with Crippen molar-refractivity contribution in [2.45, 2.75) is 11.1 Å². The molecule has 4 aromatic carbocycles. The van der Waals surface area contributed by atoms with E-state index in [1.165, 1.54) is 22.3 Å². The van der Waals surface area contributed by atoms with Crippen molar-refractivity contribution in [2.75, 3.05) is 0 Å². The van der Waals surface area contributed by atoms with Crippen molar-refractivity contribution in [1.82, 2.24) is 0 Å². The number of hydrogen-bond acceptors (Lipinski definition) is 0. The van der Waals surface area contributed by atoms with E-state index in [0.717, 1.165) is 0 Å². The Kier molecular flexibility index (Phi) is 3.26. The summed E-state index contributed by atoms with van der Waals surface area (Å²) >= 11 is 0. The third-order valence-electron chi connectivity index (χ3n) is 6.40. The SMILES string of the molecule is c1ccc2c(c1)-c1ccccc1C2[SiH2]C1c2ccccc2-c2ccccc21. The lowest BCUT2D eigenvalue weighted by molar-refractivity contribution is 1.09. The molecule has 1 heteroatoms. The van der Waals surface area contributed by atoms with E-state index in [1.54, 1.807) is 22.3 Å². The molecule has 6 rings (SSSR count). The van der Waals surface area contributed by atoms with Gasteiger partial charge in [-0.05, 0) is 55.6 Å². The average Bonchev–Trinajstić information content (AvgIpc) is 3.23. The van der Waals surface area contributed by atoms with Gasteiger partial charge in [0, 0.05) is 9.52 Å². The molecule has 2 aliphatic carbocycles. The highest BCUT2D eigenvalue weighted by Crippen LogP contribution is 2.50. The minimum atomic E-state index is -0.470. The van der Waals surface area contributed by atoms with E-state index in [0.29, 0.717) is 11.1 Å². The summed E-state index contributed by atoms with van der Waals surface area (Å²) in [5.41, 5.74) is 13.2. The lowest BCUT2D eigenvalue weighted by atomic mass is 10.1. The van der Waals surface area contributed by atoms with Gasteiger partial charge in [0.25, 0.3) is 0 Å². The smallest absolute Gasteiger partial charge is 0.0484 e. The molecule has 0 bridgehead atoms. The van der Waals surface area contributed by atoms with Crippen molar-refractivity contribution in [3.8, 4) is 22.3 Å². The number of fused-ring (bicyclic) bond motifs is 6. The lowest BCUT2D eigenvalue weighted by Gasteiger charge is -2.20. The van der Waals surface area contributed by atoms with Crippen LogP contribution in [0.4, 0.5) is 0 Å². The summed E-state index contributed by atoms with van der Waals surface area (Å²) in [5, 5.41) is 0. The third-order valence-corrected chi connectivity index (χ3v) is 9.10. The summed E-state index contributed by atoms with van der Waals surface area (Å²) in [5.74, 6) is 0. The predicted molar refractivity (Wildman–Crippen MR) is 116 cm³/mol. The quantitative estimate of drug-likeness (QED) is 0.403. The molecule has 2 aliphatic rings. The minimum Gasteiger partial charge on any atom is -0.0619 e. The van der Waals surface area contributed by atoms with Crippen LogP contribution >= 0.6 is 0 Å². The number of hydrogen-bond donors (Lipinski definition) is 0. The summed E-state index contributed by atoms with van der Waals surface area (Å²) in [6.07, 6.45) is 0. The molecule has 0 aromatic heterocycles. The van der Waals surface area contributed by atoms with Crippen LogP contribution in [0.15, 0.2) is 97.1 Å². The van der Waals surface area contributed by atoms with E-state index in [4.69, 9.17) is 0 Å². The van der Waals surface area contributed by atoms with Crippen LogP contribution in [0.1, 0.15) is 33.3 Å². The van der Waals surface area contributed by atoms with Gasteiger partial charge in [-0.3, -0.25) is 0 Å². The van der Waals surface area contributed by atoms with Gasteiger partial charge in [0.1, 0.15) is 0 Å². The average molecular weight is 361 g/mol. The Hall–Kier alpha value is -2.90. The Morgan fingerprint density at radius 2 is 0.630 bits per heavy atom. The second-order valence-corrected chi connectivity index (χ2v) is 9.79. The van der Waals surface area contributed by atoms with Crippen LogP contribution in [-0.2, 0) is 0 Å². The van der Waals surface area contributed by atoms with Crippen LogP contribution in [0.25, 0.3) is 22.3 Å². The lowest BCUT2D eigenvalue weighted by Crippen LogP contribution is -2.16. The van der Waals surface area contributed by atoms with Gasteiger partial charge in [0.15, 0.2) is 0 Å². The molecule has 128 valence electrons. The number of rotatable bonds is 2. The monoisotopic (exact) mass is 360 g/mol. The zero-order chi connectivity index (χ0) is 17.8. The molecular formula is C26H20Si. The first-order chi connectivity index (χ1) is 13.4. The molecular weight excluding hydrogens is 340 g/mol. The Balaban J connectivity index is 1.51. The van der Waals surface area contributed by atoms with Gasteiger partial charge in [-0.2, -0.15) is 0 Å². The van der Waals surface area contributed by atoms with Crippen LogP contribution in [0.5, 0.6) is 0 Å². The summed E-state index contributed by atoms with van der Waals surface area (Å²) in [4.78, 5) is 0. The molecule has 4 aromatic rings. The molecule has 0 saturated carbocycles. The highest BCUT2D eigenvalue weighted by Gasteiger charge is 2.35. The molecule has 0 aliphatic heterocycles. The molecule has 0 heterocycles. The normalized spacial score (nSPS) is 14.5. The Morgan fingerprint density at radius 1 is 0.370 bits per heavy atom. The highest BCUT2D eigenvalue weighted by atomic mass is 28.2. The van der Waals surface area contributed by atoms with Crippen molar-refractivity contribution >= 4 is 9.52 Å². The maximum atomic E-state index is 2.36. The summed E-state index contributed by atoms with van der Waals surface area (Å²) in [6, 6.07) is 36.2. The van der Waals surface area contributed by atoms with Crippen LogP contribution < -0.4 is 0 Å². The maximum Gasteiger partial charge on any atom is 0.0484 e. The van der Waals surface area contributed by atoms with E-state index in [1.807, 2.05) is 0 Å². The molecule has 0 unspecified atom stereocenters. The molecule has 0 amide bonds. The van der Waals surface area contributed by atoms with Crippen molar-refractivity contribution < 1.29 is 0 Å². The molecule has 0 atom stereocenters. The fourth-order valence-electron chi connectivity index (χ4n) is 5.26. The molecule has 0 saturated heterocycles. The van der Waals surface area contributed by atoms with Crippen molar-refractivity contribution in [2.24, 2.45) is 0 Å². The second kappa shape index (κ2) is 5.80. The van der Waals surface area contributed by atoms with Crippen molar-refractivity contribution in [3.63, 3.8) is 0 Å². The van der Waals surface area contributed by atoms with E-state index >= 15 is 0 Å². The summed E-state index contributed by atoms with van der Waals surface area (Å²) in [6.45, 7) is 0. The van der Waals surface area contributed by atoms with Gasteiger partial charge in [-0.25, -0.2) is 0 Å². The third kappa shape index (κ3) is 2.15. The largest absolute Gasteiger partial charge is 0.0619 e. The van der Waals surface area contributed by atoms with Crippen molar-refractivity contribution in [3.05, 3.63) is 119 Å². The number of benzene rings is 4. The van der Waals surface area contributed by atoms with Gasteiger partial charge in [0.05, 0.1) is 0 Å². The predicted octanol–water partition coefficient (Wildman–Crippen LogP) is 5.70. The fourth-order valence-corrected chi connectivity index (χ4v) is 8.17. The Bertz CT molecular complexity index is 990. The van der Waals surface area contributed by atoms with E-state index in [2.05, 4.69) is 97.1 Å². The van der Waals surface area contributed by atoms with Crippen LogP contribution in [0.2, 0.25) is 0 Å². The second-order valence-electron chi connectivity index (χ2n) is 7.69. The molecule has 27 heavy (non-hydrogen) atoms. The van der Waals surface area contributed by atoms with Gasteiger partial charge < -0.3 is 0 Å². The molecule has 0 spiro atoms. The van der Waals surface area contributed by atoms with Crippen molar-refractivity contribution in [1.29, 1.82) is 0 Å². The molecule has 0 radical (unpaired) electrons. The zero-order valence-corrected chi connectivity index (χ0v) is 16.5. The zero-order valence-electron chi connectivity index (χ0n) is 15.1. The highest BCUT2D eigenvalue weighted by molar-refractivity contribution is 6.44. The molecule has 0 N–H and O–H groups in total. The van der Waals surface area contributed by atoms with Crippen LogP contribution in [0.3, 0.4) is 0 Å². The Morgan fingerprint density at radius 3 is 0.926 bits per heavy atom. The first kappa shape index (κ1) is 15.2. The topological polar surface area (TPSA) is 0 Å². The summed E-state index contributed by atoms with van der Waals surface area (Å²) < 4.78 is 0. The first-order valence-electron chi connectivity index (χ1n) is 9.78.